The molecular weight excluding hydrogens is 210 g/mol. The number of ether oxygens (including phenoxy) is 1. The molecule has 2 rings (SSSR count). The third-order valence-corrected chi connectivity index (χ3v) is 2.40. The summed E-state index contributed by atoms with van der Waals surface area (Å²) in [5.74, 6) is 0.314. The van der Waals surface area contributed by atoms with Gasteiger partial charge < -0.3 is 20.4 Å². The molecule has 0 aromatic carbocycles. The number of morpholine rings is 1. The fraction of sp³-hybridized carbons (Fsp3) is 0.444. The normalized spacial score (nSPS) is 20.8. The van der Waals surface area contributed by atoms with Crippen LogP contribution in [0.25, 0.3) is 0 Å². The molecule has 4 N–H and O–H groups in total. The third-order valence-electron chi connectivity index (χ3n) is 2.40. The number of aromatic nitrogens is 2. The van der Waals surface area contributed by atoms with Crippen molar-refractivity contribution in [2.24, 2.45) is 5.73 Å². The molecule has 0 spiro atoms. The average molecular weight is 223 g/mol. The quantitative estimate of drug-likeness (QED) is 0.436. The SMILES string of the molecule is N=C(N)C1CN(c2ncc[nH]c2=O)CCO1. The Hall–Kier alpha value is -1.89. The van der Waals surface area contributed by atoms with E-state index in [9.17, 15) is 4.79 Å². The van der Waals surface area contributed by atoms with Crippen molar-refractivity contribution in [1.29, 1.82) is 5.41 Å². The topological polar surface area (TPSA) is 108 Å². The standard InChI is InChI=1S/C9H13N5O2/c10-7(11)6-5-14(3-4-16-6)8-9(15)13-2-1-12-8/h1-2,6H,3-5H2,(H3,10,11)(H,13,15). The van der Waals surface area contributed by atoms with Gasteiger partial charge in [-0.15, -0.1) is 0 Å². The Morgan fingerprint density at radius 3 is 3.25 bits per heavy atom. The second-order valence-corrected chi connectivity index (χ2v) is 3.50. The summed E-state index contributed by atoms with van der Waals surface area (Å²) in [4.78, 5) is 19.8. The minimum atomic E-state index is -0.463. The molecular formula is C9H13N5O2. The first-order valence-electron chi connectivity index (χ1n) is 4.92. The smallest absolute Gasteiger partial charge is 0.290 e. The second-order valence-electron chi connectivity index (χ2n) is 3.50. The Kier molecular flexibility index (Phi) is 2.86. The Bertz CT molecular complexity index is 444. The minimum Gasteiger partial charge on any atom is -0.385 e. The molecule has 1 saturated heterocycles. The van der Waals surface area contributed by atoms with Crippen molar-refractivity contribution in [2.45, 2.75) is 6.10 Å². The first kappa shape index (κ1) is 10.6. The van der Waals surface area contributed by atoms with Gasteiger partial charge in [-0.1, -0.05) is 0 Å². The average Bonchev–Trinajstić information content (AvgIpc) is 2.30. The first-order chi connectivity index (χ1) is 7.68. The van der Waals surface area contributed by atoms with Gasteiger partial charge in [0.15, 0.2) is 5.82 Å². The predicted molar refractivity (Wildman–Crippen MR) is 58.7 cm³/mol. The van der Waals surface area contributed by atoms with Crippen LogP contribution in [0.1, 0.15) is 0 Å². The number of hydrogen-bond donors (Lipinski definition) is 3. The highest BCUT2D eigenvalue weighted by molar-refractivity contribution is 5.82. The van der Waals surface area contributed by atoms with Gasteiger partial charge in [0.2, 0.25) is 0 Å². The largest absolute Gasteiger partial charge is 0.385 e. The number of hydrogen-bond acceptors (Lipinski definition) is 5. The van der Waals surface area contributed by atoms with Crippen molar-refractivity contribution < 1.29 is 4.74 Å². The molecule has 1 aliphatic rings. The second kappa shape index (κ2) is 4.31. The predicted octanol–water partition coefficient (Wildman–Crippen LogP) is -1.09. The summed E-state index contributed by atoms with van der Waals surface area (Å²) in [7, 11) is 0. The molecule has 7 nitrogen and oxygen atoms in total. The number of amidine groups is 1. The highest BCUT2D eigenvalue weighted by Gasteiger charge is 2.24. The molecule has 0 bridgehead atoms. The molecule has 2 heterocycles. The lowest BCUT2D eigenvalue weighted by molar-refractivity contribution is 0.0822. The molecule has 0 aliphatic carbocycles. The molecule has 7 heteroatoms. The molecule has 86 valence electrons. The van der Waals surface area contributed by atoms with E-state index in [4.69, 9.17) is 15.9 Å². The summed E-state index contributed by atoms with van der Waals surface area (Å²) in [6, 6.07) is 0. The van der Waals surface area contributed by atoms with Crippen molar-refractivity contribution in [3.8, 4) is 0 Å². The van der Waals surface area contributed by atoms with Gasteiger partial charge in [0.25, 0.3) is 5.56 Å². The number of anilines is 1. The van der Waals surface area contributed by atoms with Gasteiger partial charge in [0.1, 0.15) is 11.9 Å². The van der Waals surface area contributed by atoms with E-state index in [1.54, 1.807) is 4.90 Å². The highest BCUT2D eigenvalue weighted by Crippen LogP contribution is 2.10. The van der Waals surface area contributed by atoms with Gasteiger partial charge >= 0.3 is 0 Å². The van der Waals surface area contributed by atoms with Crippen LogP contribution in [0.2, 0.25) is 0 Å². The van der Waals surface area contributed by atoms with Crippen molar-refractivity contribution in [3.63, 3.8) is 0 Å². The molecule has 16 heavy (non-hydrogen) atoms. The van der Waals surface area contributed by atoms with Crippen LogP contribution in [0.5, 0.6) is 0 Å². The summed E-state index contributed by atoms with van der Waals surface area (Å²) in [6.45, 7) is 1.39. The number of nitrogens with two attached hydrogens (primary N) is 1. The molecule has 0 radical (unpaired) electrons. The molecule has 1 aliphatic heterocycles. The van der Waals surface area contributed by atoms with E-state index in [1.807, 2.05) is 0 Å². The van der Waals surface area contributed by atoms with Crippen molar-refractivity contribution in [2.75, 3.05) is 24.6 Å². The highest BCUT2D eigenvalue weighted by atomic mass is 16.5. The molecule has 1 atom stereocenters. The van der Waals surface area contributed by atoms with E-state index < -0.39 is 6.10 Å². The zero-order chi connectivity index (χ0) is 11.5. The molecule has 1 aromatic rings. The molecule has 1 fully saturated rings. The lowest BCUT2D eigenvalue weighted by Crippen LogP contribution is -2.49. The zero-order valence-corrected chi connectivity index (χ0v) is 8.64. The van der Waals surface area contributed by atoms with Crippen LogP contribution in [0.15, 0.2) is 17.2 Å². The first-order valence-corrected chi connectivity index (χ1v) is 4.92. The zero-order valence-electron chi connectivity index (χ0n) is 8.64. The summed E-state index contributed by atoms with van der Waals surface area (Å²) >= 11 is 0. The number of H-pyrrole nitrogens is 1. The van der Waals surface area contributed by atoms with Crippen molar-refractivity contribution in [3.05, 3.63) is 22.7 Å². The Morgan fingerprint density at radius 2 is 2.56 bits per heavy atom. The Morgan fingerprint density at radius 1 is 1.75 bits per heavy atom. The Balaban J connectivity index is 2.19. The van der Waals surface area contributed by atoms with Gasteiger partial charge in [-0.25, -0.2) is 4.98 Å². The number of rotatable bonds is 2. The van der Waals surface area contributed by atoms with Gasteiger partial charge in [-0.3, -0.25) is 10.2 Å². The van der Waals surface area contributed by atoms with Crippen LogP contribution in [0, 0.1) is 5.41 Å². The minimum absolute atomic E-state index is 0.0305. The van der Waals surface area contributed by atoms with E-state index in [1.165, 1.54) is 12.4 Å². The van der Waals surface area contributed by atoms with Crippen LogP contribution >= 0.6 is 0 Å². The fourth-order valence-electron chi connectivity index (χ4n) is 1.60. The van der Waals surface area contributed by atoms with E-state index in [2.05, 4.69) is 9.97 Å². The van der Waals surface area contributed by atoms with E-state index >= 15 is 0 Å². The van der Waals surface area contributed by atoms with Gasteiger partial charge in [0, 0.05) is 18.9 Å². The summed E-state index contributed by atoms with van der Waals surface area (Å²) < 4.78 is 5.30. The molecule has 0 saturated carbocycles. The van der Waals surface area contributed by atoms with Crippen LogP contribution in [0.4, 0.5) is 5.82 Å². The van der Waals surface area contributed by atoms with E-state index in [-0.39, 0.29) is 11.4 Å². The number of nitrogens with zero attached hydrogens (tertiary/aromatic N) is 2. The number of aromatic amines is 1. The molecule has 0 amide bonds. The summed E-state index contributed by atoms with van der Waals surface area (Å²) in [5, 5.41) is 7.31. The maximum atomic E-state index is 11.5. The van der Waals surface area contributed by atoms with E-state index in [0.717, 1.165) is 0 Å². The fourth-order valence-corrected chi connectivity index (χ4v) is 1.60. The molecule has 1 aromatic heterocycles. The van der Waals surface area contributed by atoms with Gasteiger partial charge in [-0.2, -0.15) is 0 Å². The van der Waals surface area contributed by atoms with Crippen LogP contribution in [0.3, 0.4) is 0 Å². The van der Waals surface area contributed by atoms with Crippen LogP contribution in [-0.4, -0.2) is 41.6 Å². The maximum absolute atomic E-state index is 11.5. The van der Waals surface area contributed by atoms with Gasteiger partial charge in [0.05, 0.1) is 13.2 Å². The lowest BCUT2D eigenvalue weighted by Gasteiger charge is -2.32. The lowest BCUT2D eigenvalue weighted by atomic mass is 10.2. The van der Waals surface area contributed by atoms with Crippen LogP contribution < -0.4 is 16.2 Å². The maximum Gasteiger partial charge on any atom is 0.290 e. The number of nitrogens with one attached hydrogen (secondary N) is 2. The monoisotopic (exact) mass is 223 g/mol. The summed E-state index contributed by atoms with van der Waals surface area (Å²) in [6.07, 6.45) is 2.54. The molecule has 1 unspecified atom stereocenters. The van der Waals surface area contributed by atoms with Gasteiger partial charge in [-0.05, 0) is 0 Å². The van der Waals surface area contributed by atoms with Crippen molar-refractivity contribution >= 4 is 11.7 Å². The van der Waals surface area contributed by atoms with Crippen LogP contribution in [-0.2, 0) is 4.74 Å². The van der Waals surface area contributed by atoms with Crippen molar-refractivity contribution in [1.82, 2.24) is 9.97 Å². The third kappa shape index (κ3) is 2.03. The van der Waals surface area contributed by atoms with E-state index in [0.29, 0.717) is 25.5 Å². The summed E-state index contributed by atoms with van der Waals surface area (Å²) in [5.41, 5.74) is 5.13. The Labute approximate surface area is 91.7 Å².